The first-order chi connectivity index (χ1) is 21.7. The van der Waals surface area contributed by atoms with Crippen molar-refractivity contribution in [1.82, 2.24) is 0 Å². The number of benzene rings is 4. The summed E-state index contributed by atoms with van der Waals surface area (Å²) in [7, 11) is 1.68. The summed E-state index contributed by atoms with van der Waals surface area (Å²) in [6, 6.07) is 40.2. The van der Waals surface area contributed by atoms with Crippen molar-refractivity contribution >= 4 is 23.2 Å². The van der Waals surface area contributed by atoms with Gasteiger partial charge in [-0.15, -0.1) is 0 Å². The van der Waals surface area contributed by atoms with Crippen molar-refractivity contribution in [1.29, 1.82) is 10.5 Å². The van der Waals surface area contributed by atoms with Crippen LogP contribution in [0, 0.1) is 22.7 Å². The summed E-state index contributed by atoms with van der Waals surface area (Å²) in [5, 5.41) is 26.1. The van der Waals surface area contributed by atoms with Crippen molar-refractivity contribution in [2.75, 3.05) is 12.1 Å². The minimum absolute atomic E-state index is 0.0311. The summed E-state index contributed by atoms with van der Waals surface area (Å²) in [4.78, 5) is 0. The zero-order valence-electron chi connectivity index (χ0n) is 24.1. The van der Waals surface area contributed by atoms with E-state index >= 15 is 0 Å². The number of nitrogens with zero attached hydrogens (tertiary/aromatic N) is 4. The van der Waals surface area contributed by atoms with Gasteiger partial charge in [0.15, 0.2) is 0 Å². The fraction of sp³-hybridized carbons (Fsp3) is 0.0789. The van der Waals surface area contributed by atoms with Crippen molar-refractivity contribution < 1.29 is 9.47 Å². The van der Waals surface area contributed by atoms with E-state index in [1.807, 2.05) is 97.1 Å². The molecule has 6 rings (SSSR count). The summed E-state index contributed by atoms with van der Waals surface area (Å²) in [5.74, 6) is 1.91. The zero-order chi connectivity index (χ0) is 30.3. The van der Waals surface area contributed by atoms with Crippen LogP contribution in [0.4, 0.5) is 5.69 Å². The summed E-state index contributed by atoms with van der Waals surface area (Å²) in [5.41, 5.74) is 6.49. The van der Waals surface area contributed by atoms with Gasteiger partial charge in [-0.2, -0.15) is 15.6 Å². The van der Waals surface area contributed by atoms with E-state index in [-0.39, 0.29) is 11.6 Å². The van der Waals surface area contributed by atoms with Crippen LogP contribution in [0.25, 0.3) is 11.8 Å². The number of hydrazone groups is 1. The highest BCUT2D eigenvalue weighted by molar-refractivity contribution is 6.05. The molecule has 4 aromatic carbocycles. The number of ether oxygens (including phenoxy) is 2. The van der Waals surface area contributed by atoms with Gasteiger partial charge in [-0.3, -0.25) is 5.01 Å². The lowest BCUT2D eigenvalue weighted by molar-refractivity contribution is 0.396. The summed E-state index contributed by atoms with van der Waals surface area (Å²) in [6.45, 7) is 0. The molecule has 0 aliphatic carbocycles. The molecule has 2 aliphatic heterocycles. The molecule has 2 heterocycles. The Bertz CT molecular complexity index is 1890. The third kappa shape index (κ3) is 5.92. The molecule has 0 aromatic heterocycles. The Morgan fingerprint density at radius 1 is 0.841 bits per heavy atom. The van der Waals surface area contributed by atoms with Gasteiger partial charge in [-0.1, -0.05) is 91.0 Å². The molecule has 0 amide bonds. The molecule has 2 aliphatic rings. The van der Waals surface area contributed by atoms with Crippen molar-refractivity contribution in [2.45, 2.75) is 12.5 Å². The van der Waals surface area contributed by atoms with Gasteiger partial charge in [0.1, 0.15) is 35.0 Å². The molecule has 6 heteroatoms. The molecule has 0 saturated carbocycles. The van der Waals surface area contributed by atoms with Crippen LogP contribution in [0.3, 0.4) is 0 Å². The second-order valence-corrected chi connectivity index (χ2v) is 10.2. The van der Waals surface area contributed by atoms with Crippen LogP contribution in [-0.4, -0.2) is 12.8 Å². The molecule has 0 saturated heterocycles. The van der Waals surface area contributed by atoms with Gasteiger partial charge in [-0.05, 0) is 53.6 Å². The predicted octanol–water partition coefficient (Wildman–Crippen LogP) is 8.36. The Labute approximate surface area is 257 Å². The predicted molar refractivity (Wildman–Crippen MR) is 173 cm³/mol. The molecule has 4 aromatic rings. The SMILES string of the molecule is COc1ccccc1C1=NN(c2ccc(/C=C/C3=CC(=C(C#N)C#N)C=C(c4ccccc4)O3)cc2)C(c2ccccc2)C1. The second kappa shape index (κ2) is 12.8. The summed E-state index contributed by atoms with van der Waals surface area (Å²) < 4.78 is 11.8. The van der Waals surface area contributed by atoms with Crippen LogP contribution >= 0.6 is 0 Å². The smallest absolute Gasteiger partial charge is 0.137 e. The normalized spacial score (nSPS) is 15.9. The van der Waals surface area contributed by atoms with E-state index in [0.717, 1.165) is 40.3 Å². The van der Waals surface area contributed by atoms with Crippen LogP contribution in [0.2, 0.25) is 0 Å². The average Bonchev–Trinajstić information content (AvgIpc) is 3.54. The van der Waals surface area contributed by atoms with Crippen molar-refractivity contribution in [3.63, 3.8) is 0 Å². The van der Waals surface area contributed by atoms with E-state index in [2.05, 4.69) is 41.4 Å². The number of nitriles is 2. The minimum atomic E-state index is 0.0311. The molecule has 0 spiro atoms. The van der Waals surface area contributed by atoms with Gasteiger partial charge in [0.05, 0.1) is 24.6 Å². The van der Waals surface area contributed by atoms with E-state index in [9.17, 15) is 10.5 Å². The molecule has 0 radical (unpaired) electrons. The van der Waals surface area contributed by atoms with Crippen LogP contribution in [0.15, 0.2) is 149 Å². The number of anilines is 1. The van der Waals surface area contributed by atoms with Crippen LogP contribution in [-0.2, 0) is 4.74 Å². The molecule has 1 atom stereocenters. The quantitative estimate of drug-likeness (QED) is 0.208. The third-order valence-corrected chi connectivity index (χ3v) is 7.49. The molecule has 0 N–H and O–H groups in total. The number of hydrogen-bond donors (Lipinski definition) is 0. The molecular weight excluding hydrogens is 544 g/mol. The highest BCUT2D eigenvalue weighted by Gasteiger charge is 2.31. The van der Waals surface area contributed by atoms with Crippen molar-refractivity contribution in [2.24, 2.45) is 5.10 Å². The van der Waals surface area contributed by atoms with Crippen molar-refractivity contribution in [3.8, 4) is 17.9 Å². The third-order valence-electron chi connectivity index (χ3n) is 7.49. The van der Waals surface area contributed by atoms with E-state index in [4.69, 9.17) is 14.6 Å². The van der Waals surface area contributed by atoms with Gasteiger partial charge in [0.2, 0.25) is 0 Å². The maximum absolute atomic E-state index is 9.48. The van der Waals surface area contributed by atoms with Crippen LogP contribution in [0.1, 0.15) is 34.7 Å². The largest absolute Gasteiger partial charge is 0.496 e. The van der Waals surface area contributed by atoms with Gasteiger partial charge in [0, 0.05) is 23.1 Å². The van der Waals surface area contributed by atoms with Gasteiger partial charge in [0.25, 0.3) is 0 Å². The lowest BCUT2D eigenvalue weighted by Gasteiger charge is -2.24. The number of allylic oxidation sites excluding steroid dienone is 5. The minimum Gasteiger partial charge on any atom is -0.496 e. The maximum Gasteiger partial charge on any atom is 0.137 e. The van der Waals surface area contributed by atoms with E-state index in [0.29, 0.717) is 17.1 Å². The first kappa shape index (κ1) is 28.0. The van der Waals surface area contributed by atoms with E-state index in [1.54, 1.807) is 19.3 Å². The Kier molecular flexibility index (Phi) is 8.16. The molecule has 212 valence electrons. The highest BCUT2D eigenvalue weighted by Crippen LogP contribution is 2.38. The summed E-state index contributed by atoms with van der Waals surface area (Å²) >= 11 is 0. The van der Waals surface area contributed by atoms with Gasteiger partial charge < -0.3 is 9.47 Å². The number of methoxy groups -OCH3 is 1. The Hall–Kier alpha value is -6.11. The molecule has 1 unspecified atom stereocenters. The summed E-state index contributed by atoms with van der Waals surface area (Å²) in [6.07, 6.45) is 7.97. The van der Waals surface area contributed by atoms with Crippen LogP contribution in [0.5, 0.6) is 5.75 Å². The highest BCUT2D eigenvalue weighted by atomic mass is 16.5. The Balaban J connectivity index is 1.28. The first-order valence-corrected chi connectivity index (χ1v) is 14.2. The van der Waals surface area contributed by atoms with Gasteiger partial charge in [-0.25, -0.2) is 0 Å². The zero-order valence-corrected chi connectivity index (χ0v) is 24.1. The fourth-order valence-electron chi connectivity index (χ4n) is 5.29. The molecular formula is C38H28N4O2. The van der Waals surface area contributed by atoms with Crippen molar-refractivity contribution in [3.05, 3.63) is 167 Å². The number of para-hydroxylation sites is 1. The monoisotopic (exact) mass is 572 g/mol. The number of rotatable bonds is 7. The van der Waals surface area contributed by atoms with E-state index < -0.39 is 0 Å². The lowest BCUT2D eigenvalue weighted by atomic mass is 9.97. The van der Waals surface area contributed by atoms with Crippen LogP contribution < -0.4 is 9.75 Å². The molecule has 0 bridgehead atoms. The van der Waals surface area contributed by atoms with E-state index in [1.165, 1.54) is 5.56 Å². The lowest BCUT2D eigenvalue weighted by Crippen LogP contribution is -2.18. The molecule has 6 nitrogen and oxygen atoms in total. The average molecular weight is 573 g/mol. The molecule has 44 heavy (non-hydrogen) atoms. The first-order valence-electron chi connectivity index (χ1n) is 14.2. The topological polar surface area (TPSA) is 81.6 Å². The molecule has 0 fully saturated rings. The van der Waals surface area contributed by atoms with Gasteiger partial charge >= 0.3 is 0 Å². The Morgan fingerprint density at radius 3 is 2.23 bits per heavy atom. The number of hydrogen-bond acceptors (Lipinski definition) is 6. The standard InChI is InChI=1S/C38H28N4O2/c1-43-37-15-9-8-14-34(37)35-24-36(28-10-4-2-5-11-28)42(41-35)32-19-16-27(17-20-32)18-21-33-22-30(31(25-39)26-40)23-38(44-33)29-12-6-3-7-13-29/h2-23,36H,24H2,1H3/b21-18+. The second-order valence-electron chi connectivity index (χ2n) is 10.2. The Morgan fingerprint density at radius 2 is 1.52 bits per heavy atom. The fourth-order valence-corrected chi connectivity index (χ4v) is 5.29. The maximum atomic E-state index is 9.48.